The Kier molecular flexibility index (Phi) is 16.9. The zero-order valence-corrected chi connectivity index (χ0v) is 19.4. The molecule has 31 heavy (non-hydrogen) atoms. The van der Waals surface area contributed by atoms with Gasteiger partial charge in [0.25, 0.3) is 0 Å². The molecule has 0 saturated carbocycles. The third kappa shape index (κ3) is 12.9. The quantitative estimate of drug-likeness (QED) is 0.146. The fraction of sp³-hybridized carbons (Fsp3) is 1.00. The van der Waals surface area contributed by atoms with Gasteiger partial charge in [-0.3, -0.25) is 4.39 Å². The van der Waals surface area contributed by atoms with Gasteiger partial charge in [0.05, 0.1) is 48.7 Å². The maximum Gasteiger partial charge on any atom is 0.168 e. The molecule has 0 aromatic carbocycles. The van der Waals surface area contributed by atoms with Gasteiger partial charge >= 0.3 is 0 Å². The Morgan fingerprint density at radius 3 is 1.39 bits per heavy atom. The molecule has 6 unspecified atom stereocenters. The monoisotopic (exact) mass is 491 g/mol. The Balaban J connectivity index is 0. The van der Waals surface area contributed by atoms with E-state index in [1.807, 2.05) is 0 Å². The minimum atomic E-state index is -5.24. The number of unbranched alkanes of at least 4 members (excludes halogenated alkanes) is 1. The van der Waals surface area contributed by atoms with Gasteiger partial charge in [0.15, 0.2) is 24.7 Å². The van der Waals surface area contributed by atoms with Crippen molar-refractivity contribution in [3.63, 3.8) is 0 Å². The van der Waals surface area contributed by atoms with Crippen LogP contribution in [0.3, 0.4) is 0 Å². The molecule has 0 aliphatic rings. The molecular weight excluding hydrogens is 455 g/mol. The van der Waals surface area contributed by atoms with Gasteiger partial charge in [0.1, 0.15) is 12.3 Å². The van der Waals surface area contributed by atoms with E-state index in [0.29, 0.717) is 0 Å². The lowest BCUT2D eigenvalue weighted by Gasteiger charge is -2.34. The molecule has 0 rings (SSSR count). The lowest BCUT2D eigenvalue weighted by atomic mass is 9.99. The van der Waals surface area contributed by atoms with E-state index in [0.717, 1.165) is 0 Å². The van der Waals surface area contributed by atoms with Crippen molar-refractivity contribution in [1.29, 1.82) is 0 Å². The summed E-state index contributed by atoms with van der Waals surface area (Å²) < 4.78 is 123. The van der Waals surface area contributed by atoms with E-state index in [1.54, 1.807) is 0 Å². The van der Waals surface area contributed by atoms with Gasteiger partial charge in [-0.1, -0.05) is 0 Å². The SMILES string of the molecule is CC[N+](CC)(CC)CC.O=S(=O)([O-])CC(F)C(F)C(F)C(F)C(F)C(F)CCCCF. The molecule has 4 nitrogen and oxygen atoms in total. The topological polar surface area (TPSA) is 57.2 Å². The standard InChI is InChI=1S/C11H17F7O3S.C8H20N/c12-4-2-1-3-6(13)8(15)10(17)11(18)9(16)7(14)5-22(19,20)21;1-5-9(6-2,7-3)8-4/h6-11H,1-5H2,(H,19,20,21);5-8H2,1-4H3/q;+1/p-1. The molecule has 0 saturated heterocycles. The van der Waals surface area contributed by atoms with E-state index >= 15 is 0 Å². The van der Waals surface area contributed by atoms with E-state index < -0.39 is 66.0 Å². The summed E-state index contributed by atoms with van der Waals surface area (Å²) in [6, 6.07) is 0. The lowest BCUT2D eigenvalue weighted by Crippen LogP contribution is -2.47. The first-order valence-corrected chi connectivity index (χ1v) is 12.0. The van der Waals surface area contributed by atoms with Crippen LogP contribution in [0.25, 0.3) is 0 Å². The van der Waals surface area contributed by atoms with Crippen LogP contribution in [0.2, 0.25) is 0 Å². The third-order valence-corrected chi connectivity index (χ3v) is 6.24. The van der Waals surface area contributed by atoms with Crippen LogP contribution in [-0.2, 0) is 10.1 Å². The summed E-state index contributed by atoms with van der Waals surface area (Å²) in [5, 5.41) is 0. The largest absolute Gasteiger partial charge is 0.748 e. The van der Waals surface area contributed by atoms with Gasteiger partial charge in [-0.25, -0.2) is 34.8 Å². The van der Waals surface area contributed by atoms with Gasteiger partial charge in [-0.15, -0.1) is 0 Å². The summed E-state index contributed by atoms with van der Waals surface area (Å²) in [6.07, 6.45) is -20.1. The molecule has 0 heterocycles. The van der Waals surface area contributed by atoms with Crippen molar-refractivity contribution >= 4 is 10.1 Å². The van der Waals surface area contributed by atoms with Crippen LogP contribution in [0.5, 0.6) is 0 Å². The van der Waals surface area contributed by atoms with Gasteiger partial charge in [0.2, 0.25) is 0 Å². The maximum atomic E-state index is 13.3. The molecule has 0 amide bonds. The maximum absolute atomic E-state index is 13.3. The van der Waals surface area contributed by atoms with Crippen molar-refractivity contribution in [3.05, 3.63) is 0 Å². The first-order valence-electron chi connectivity index (χ1n) is 10.4. The summed E-state index contributed by atoms with van der Waals surface area (Å²) in [6.45, 7) is 13.4. The van der Waals surface area contributed by atoms with Crippen LogP contribution < -0.4 is 0 Å². The highest BCUT2D eigenvalue weighted by Gasteiger charge is 2.43. The highest BCUT2D eigenvalue weighted by molar-refractivity contribution is 7.85. The van der Waals surface area contributed by atoms with Crippen molar-refractivity contribution in [2.24, 2.45) is 0 Å². The number of halogens is 7. The Morgan fingerprint density at radius 2 is 1.10 bits per heavy atom. The fourth-order valence-corrected chi connectivity index (χ4v) is 3.55. The predicted molar refractivity (Wildman–Crippen MR) is 106 cm³/mol. The second-order valence-electron chi connectivity index (χ2n) is 7.33. The molecule has 0 bridgehead atoms. The first-order chi connectivity index (χ1) is 14.3. The van der Waals surface area contributed by atoms with E-state index in [1.165, 1.54) is 30.7 Å². The molecule has 190 valence electrons. The van der Waals surface area contributed by atoms with Crippen molar-refractivity contribution in [2.45, 2.75) is 84.0 Å². The molecule has 0 aliphatic heterocycles. The number of rotatable bonds is 15. The summed E-state index contributed by atoms with van der Waals surface area (Å²) in [4.78, 5) is 0. The fourth-order valence-electron chi connectivity index (χ4n) is 2.97. The van der Waals surface area contributed by atoms with E-state index in [-0.39, 0.29) is 12.8 Å². The Bertz CT molecular complexity index is 535. The van der Waals surface area contributed by atoms with Gasteiger partial charge < -0.3 is 9.04 Å². The first kappa shape index (κ1) is 32.6. The summed E-state index contributed by atoms with van der Waals surface area (Å²) in [7, 11) is -5.24. The van der Waals surface area contributed by atoms with E-state index in [2.05, 4.69) is 27.7 Å². The molecule has 0 spiro atoms. The van der Waals surface area contributed by atoms with Crippen molar-refractivity contribution in [1.82, 2.24) is 0 Å². The van der Waals surface area contributed by atoms with Crippen LogP contribution >= 0.6 is 0 Å². The van der Waals surface area contributed by atoms with E-state index in [4.69, 9.17) is 0 Å². The lowest BCUT2D eigenvalue weighted by molar-refractivity contribution is -0.921. The summed E-state index contributed by atoms with van der Waals surface area (Å²) in [5.74, 6) is -1.95. The molecule has 12 heteroatoms. The molecular formula is C19H36F7NO3S. The van der Waals surface area contributed by atoms with Crippen molar-refractivity contribution in [3.8, 4) is 0 Å². The molecule has 0 aliphatic carbocycles. The average molecular weight is 492 g/mol. The van der Waals surface area contributed by atoms with Gasteiger partial charge in [-0.2, -0.15) is 0 Å². The molecule has 0 aromatic heterocycles. The van der Waals surface area contributed by atoms with Crippen LogP contribution in [-0.4, -0.2) is 93.1 Å². The van der Waals surface area contributed by atoms with Crippen molar-refractivity contribution < 1.29 is 48.2 Å². The highest BCUT2D eigenvalue weighted by atomic mass is 32.2. The minimum Gasteiger partial charge on any atom is -0.748 e. The zero-order valence-electron chi connectivity index (χ0n) is 18.6. The van der Waals surface area contributed by atoms with E-state index in [9.17, 15) is 43.7 Å². The Morgan fingerprint density at radius 1 is 0.710 bits per heavy atom. The normalized spacial score (nSPS) is 18.3. The number of hydrogen-bond acceptors (Lipinski definition) is 3. The van der Waals surface area contributed by atoms with Gasteiger partial charge in [-0.05, 0) is 47.0 Å². The Hall–Kier alpha value is -0.620. The van der Waals surface area contributed by atoms with Crippen LogP contribution in [0.4, 0.5) is 30.7 Å². The second kappa shape index (κ2) is 16.1. The minimum absolute atomic E-state index is 0.122. The van der Waals surface area contributed by atoms with Crippen molar-refractivity contribution in [2.75, 3.05) is 38.6 Å². The summed E-state index contributed by atoms with van der Waals surface area (Å²) >= 11 is 0. The molecule has 0 fully saturated rings. The average Bonchev–Trinajstić information content (AvgIpc) is 2.73. The Labute approximate surface area is 181 Å². The second-order valence-corrected chi connectivity index (χ2v) is 8.77. The number of hydrogen-bond donors (Lipinski definition) is 0. The smallest absolute Gasteiger partial charge is 0.168 e. The molecule has 0 N–H and O–H groups in total. The van der Waals surface area contributed by atoms with Crippen LogP contribution in [0.1, 0.15) is 47.0 Å². The predicted octanol–water partition coefficient (Wildman–Crippen LogP) is 4.58. The van der Waals surface area contributed by atoms with Gasteiger partial charge in [0, 0.05) is 0 Å². The zero-order chi connectivity index (χ0) is 24.8. The number of nitrogens with zero attached hydrogens (tertiary/aromatic N) is 1. The molecule has 6 atom stereocenters. The summed E-state index contributed by atoms with van der Waals surface area (Å²) in [5.41, 5.74) is 0. The number of quaternary nitrogens is 1. The molecule has 0 radical (unpaired) electrons. The molecule has 0 aromatic rings. The van der Waals surface area contributed by atoms with Crippen LogP contribution in [0, 0.1) is 0 Å². The highest BCUT2D eigenvalue weighted by Crippen LogP contribution is 2.26. The number of alkyl halides is 7. The van der Waals surface area contributed by atoms with Crippen LogP contribution in [0.15, 0.2) is 0 Å². The third-order valence-electron chi connectivity index (χ3n) is 5.51.